The molecule has 19 heavy (non-hydrogen) atoms. The van der Waals surface area contributed by atoms with Crippen LogP contribution in [0.2, 0.25) is 10.3 Å². The van der Waals surface area contributed by atoms with Gasteiger partial charge < -0.3 is 4.57 Å². The molecule has 2 heterocycles. The number of aromatic nitrogens is 3. The molecule has 0 radical (unpaired) electrons. The van der Waals surface area contributed by atoms with Crippen LogP contribution in [0.5, 0.6) is 0 Å². The van der Waals surface area contributed by atoms with Crippen molar-refractivity contribution in [2.45, 2.75) is 13.5 Å². The highest BCUT2D eigenvalue weighted by molar-refractivity contribution is 6.33. The summed E-state index contributed by atoms with van der Waals surface area (Å²) in [6.07, 6.45) is 3.35. The number of aryl methyl sites for hydroxylation is 1. The van der Waals surface area contributed by atoms with E-state index in [1.807, 2.05) is 35.8 Å². The summed E-state index contributed by atoms with van der Waals surface area (Å²) in [6, 6.07) is 7.87. The van der Waals surface area contributed by atoms with Gasteiger partial charge in [0.2, 0.25) is 5.28 Å². The molecule has 0 bridgehead atoms. The first-order valence-electron chi connectivity index (χ1n) is 5.97. The standard InChI is InChI=1S/C14H11Cl2N3/c1-2-19-12-5-3-4-10(13(12)18-14(19)16)9-6-7-17-8-11(9)15/h3-8H,2H2,1H3. The molecule has 0 atom stereocenters. The Morgan fingerprint density at radius 2 is 2.00 bits per heavy atom. The Kier molecular flexibility index (Phi) is 3.17. The summed E-state index contributed by atoms with van der Waals surface area (Å²) in [7, 11) is 0. The van der Waals surface area contributed by atoms with Crippen LogP contribution in [0.4, 0.5) is 0 Å². The summed E-state index contributed by atoms with van der Waals surface area (Å²) in [5.41, 5.74) is 3.76. The van der Waals surface area contributed by atoms with Gasteiger partial charge in [0.1, 0.15) is 0 Å². The first-order chi connectivity index (χ1) is 9.22. The van der Waals surface area contributed by atoms with Crippen LogP contribution in [0.25, 0.3) is 22.2 Å². The SMILES string of the molecule is CCn1c(Cl)nc2c(-c3ccncc3Cl)cccc21. The van der Waals surface area contributed by atoms with Crippen LogP contribution >= 0.6 is 23.2 Å². The van der Waals surface area contributed by atoms with E-state index in [0.717, 1.165) is 28.7 Å². The molecule has 2 aromatic heterocycles. The third kappa shape index (κ3) is 1.99. The van der Waals surface area contributed by atoms with Crippen LogP contribution in [0.3, 0.4) is 0 Å². The van der Waals surface area contributed by atoms with Gasteiger partial charge >= 0.3 is 0 Å². The fraction of sp³-hybridized carbons (Fsp3) is 0.143. The lowest BCUT2D eigenvalue weighted by molar-refractivity contribution is 0.788. The second kappa shape index (κ2) is 4.83. The Hall–Kier alpha value is -1.58. The predicted octanol–water partition coefficient (Wildman–Crippen LogP) is 4.43. The van der Waals surface area contributed by atoms with Gasteiger partial charge in [-0.1, -0.05) is 23.7 Å². The average Bonchev–Trinajstić information content (AvgIpc) is 2.74. The van der Waals surface area contributed by atoms with Crippen molar-refractivity contribution in [1.82, 2.24) is 14.5 Å². The smallest absolute Gasteiger partial charge is 0.203 e. The number of rotatable bonds is 2. The van der Waals surface area contributed by atoms with Crippen LogP contribution in [-0.2, 0) is 6.54 Å². The number of hydrogen-bond acceptors (Lipinski definition) is 2. The molecule has 0 N–H and O–H groups in total. The quantitative estimate of drug-likeness (QED) is 0.699. The van der Waals surface area contributed by atoms with Gasteiger partial charge in [-0.25, -0.2) is 4.98 Å². The molecule has 1 aromatic carbocycles. The first kappa shape index (κ1) is 12.5. The zero-order chi connectivity index (χ0) is 13.4. The van der Waals surface area contributed by atoms with Crippen LogP contribution in [0.15, 0.2) is 36.7 Å². The van der Waals surface area contributed by atoms with Crippen LogP contribution < -0.4 is 0 Å². The van der Waals surface area contributed by atoms with Gasteiger partial charge in [-0.05, 0) is 30.7 Å². The molecule has 0 aliphatic heterocycles. The maximum atomic E-state index is 6.21. The van der Waals surface area contributed by atoms with E-state index in [9.17, 15) is 0 Å². The van der Waals surface area contributed by atoms with E-state index in [4.69, 9.17) is 23.2 Å². The molecule has 0 amide bonds. The molecule has 0 aliphatic carbocycles. The van der Waals surface area contributed by atoms with Gasteiger partial charge in [-0.3, -0.25) is 4.98 Å². The summed E-state index contributed by atoms with van der Waals surface area (Å²) in [5, 5.41) is 1.10. The van der Waals surface area contributed by atoms with Crippen LogP contribution in [-0.4, -0.2) is 14.5 Å². The number of imidazole rings is 1. The molecule has 0 saturated carbocycles. The van der Waals surface area contributed by atoms with E-state index in [-0.39, 0.29) is 0 Å². The number of hydrogen-bond donors (Lipinski definition) is 0. The number of para-hydroxylation sites is 1. The molecule has 0 unspecified atom stereocenters. The zero-order valence-electron chi connectivity index (χ0n) is 10.3. The fourth-order valence-corrected chi connectivity index (χ4v) is 2.75. The van der Waals surface area contributed by atoms with E-state index in [1.165, 1.54) is 0 Å². The molecule has 0 aliphatic rings. The first-order valence-corrected chi connectivity index (χ1v) is 6.72. The van der Waals surface area contributed by atoms with Crippen molar-refractivity contribution in [2.24, 2.45) is 0 Å². The lowest BCUT2D eigenvalue weighted by Gasteiger charge is -2.05. The predicted molar refractivity (Wildman–Crippen MR) is 78.7 cm³/mol. The second-order valence-corrected chi connectivity index (χ2v) is 4.90. The van der Waals surface area contributed by atoms with E-state index in [0.29, 0.717) is 10.3 Å². The van der Waals surface area contributed by atoms with E-state index in [1.54, 1.807) is 12.4 Å². The number of pyridine rings is 1. The molecule has 3 nitrogen and oxygen atoms in total. The summed E-state index contributed by atoms with van der Waals surface area (Å²) in [5.74, 6) is 0. The van der Waals surface area contributed by atoms with Gasteiger partial charge in [-0.15, -0.1) is 0 Å². The lowest BCUT2D eigenvalue weighted by atomic mass is 10.1. The van der Waals surface area contributed by atoms with Crippen molar-refractivity contribution in [3.05, 3.63) is 47.0 Å². The van der Waals surface area contributed by atoms with Gasteiger partial charge in [0.15, 0.2) is 0 Å². The third-order valence-electron chi connectivity index (χ3n) is 3.11. The summed E-state index contributed by atoms with van der Waals surface area (Å²) >= 11 is 12.4. The van der Waals surface area contributed by atoms with E-state index >= 15 is 0 Å². The summed E-state index contributed by atoms with van der Waals surface area (Å²) < 4.78 is 1.97. The highest BCUT2D eigenvalue weighted by Crippen LogP contribution is 2.33. The Morgan fingerprint density at radius 3 is 2.74 bits per heavy atom. The van der Waals surface area contributed by atoms with Crippen molar-refractivity contribution < 1.29 is 0 Å². The molecule has 0 saturated heterocycles. The molecular weight excluding hydrogens is 281 g/mol. The topological polar surface area (TPSA) is 30.7 Å². The monoisotopic (exact) mass is 291 g/mol. The minimum Gasteiger partial charge on any atom is -0.315 e. The zero-order valence-corrected chi connectivity index (χ0v) is 11.8. The minimum atomic E-state index is 0.495. The van der Waals surface area contributed by atoms with Crippen molar-refractivity contribution in [3.8, 4) is 11.1 Å². The van der Waals surface area contributed by atoms with Crippen molar-refractivity contribution in [3.63, 3.8) is 0 Å². The third-order valence-corrected chi connectivity index (χ3v) is 3.70. The van der Waals surface area contributed by atoms with Gasteiger partial charge in [0, 0.05) is 30.1 Å². The molecule has 5 heteroatoms. The van der Waals surface area contributed by atoms with Gasteiger partial charge in [0.05, 0.1) is 16.1 Å². The summed E-state index contributed by atoms with van der Waals surface area (Å²) in [6.45, 7) is 2.82. The minimum absolute atomic E-state index is 0.495. The number of benzene rings is 1. The van der Waals surface area contributed by atoms with Gasteiger partial charge in [0.25, 0.3) is 0 Å². The Morgan fingerprint density at radius 1 is 1.16 bits per heavy atom. The Balaban J connectivity index is 2.34. The van der Waals surface area contributed by atoms with E-state index < -0.39 is 0 Å². The maximum Gasteiger partial charge on any atom is 0.203 e. The largest absolute Gasteiger partial charge is 0.315 e. The number of fused-ring (bicyclic) bond motifs is 1. The Labute approximate surface area is 120 Å². The Bertz CT molecular complexity index is 750. The molecule has 0 spiro atoms. The van der Waals surface area contributed by atoms with Crippen molar-refractivity contribution in [1.29, 1.82) is 0 Å². The van der Waals surface area contributed by atoms with Crippen LogP contribution in [0, 0.1) is 0 Å². The molecule has 96 valence electrons. The van der Waals surface area contributed by atoms with E-state index in [2.05, 4.69) is 9.97 Å². The van der Waals surface area contributed by atoms with Gasteiger partial charge in [-0.2, -0.15) is 0 Å². The second-order valence-electron chi connectivity index (χ2n) is 4.15. The average molecular weight is 292 g/mol. The number of nitrogens with zero attached hydrogens (tertiary/aromatic N) is 3. The van der Waals surface area contributed by atoms with Crippen molar-refractivity contribution >= 4 is 34.2 Å². The maximum absolute atomic E-state index is 6.21. The lowest BCUT2D eigenvalue weighted by Crippen LogP contribution is -1.93. The molecular formula is C14H11Cl2N3. The normalized spacial score (nSPS) is 11.1. The molecule has 3 aromatic rings. The number of halogens is 2. The molecule has 0 fully saturated rings. The van der Waals surface area contributed by atoms with Crippen molar-refractivity contribution in [2.75, 3.05) is 0 Å². The fourth-order valence-electron chi connectivity index (χ4n) is 2.23. The van der Waals surface area contributed by atoms with Crippen LogP contribution in [0.1, 0.15) is 6.92 Å². The molecule has 3 rings (SSSR count). The highest BCUT2D eigenvalue weighted by Gasteiger charge is 2.13. The highest BCUT2D eigenvalue weighted by atomic mass is 35.5. The summed E-state index contributed by atoms with van der Waals surface area (Å²) in [4.78, 5) is 8.46.